The number of hydrogen-bond donors (Lipinski definition) is 5. The Morgan fingerprint density at radius 3 is 2.83 bits per heavy atom. The summed E-state index contributed by atoms with van der Waals surface area (Å²) in [5, 5.41) is 29.7. The third kappa shape index (κ3) is 4.03. The van der Waals surface area contributed by atoms with Gasteiger partial charge in [-0.05, 0) is 43.7 Å². The second-order valence-corrected chi connectivity index (χ2v) is 6.88. The number of anilines is 1. The van der Waals surface area contributed by atoms with Crippen LogP contribution in [0.25, 0.3) is 5.70 Å². The van der Waals surface area contributed by atoms with Crippen LogP contribution >= 0.6 is 0 Å². The number of benzene rings is 1. The van der Waals surface area contributed by atoms with E-state index in [0.717, 1.165) is 6.26 Å². The van der Waals surface area contributed by atoms with Gasteiger partial charge in [-0.1, -0.05) is 0 Å². The molecule has 2 bridgehead atoms. The van der Waals surface area contributed by atoms with Crippen molar-refractivity contribution in [1.29, 1.82) is 10.8 Å². The van der Waals surface area contributed by atoms with Gasteiger partial charge in [-0.2, -0.15) is 0 Å². The first-order chi connectivity index (χ1) is 14.4. The molecule has 3 rings (SSSR count). The zero-order chi connectivity index (χ0) is 21.8. The SMILES string of the molecule is CCN/C1=C(\C=N)C/C(=C/O)C(=N)c2ccc(F)cc2C(C)Oc2cc1cnc2N. The highest BCUT2D eigenvalue weighted by molar-refractivity contribution is 6.12. The Labute approximate surface area is 174 Å². The summed E-state index contributed by atoms with van der Waals surface area (Å²) >= 11 is 0. The van der Waals surface area contributed by atoms with Gasteiger partial charge in [0, 0.05) is 53.3 Å². The Bertz CT molecular complexity index is 1060. The summed E-state index contributed by atoms with van der Waals surface area (Å²) in [7, 11) is 0. The van der Waals surface area contributed by atoms with Gasteiger partial charge in [0.2, 0.25) is 0 Å². The molecule has 0 amide bonds. The fourth-order valence-electron chi connectivity index (χ4n) is 3.40. The number of fused-ring (bicyclic) bond motifs is 3. The highest BCUT2D eigenvalue weighted by Crippen LogP contribution is 2.33. The molecular weight excluding hydrogens is 385 g/mol. The molecule has 1 aliphatic heterocycles. The first-order valence-electron chi connectivity index (χ1n) is 9.51. The molecule has 0 aliphatic carbocycles. The molecule has 6 N–H and O–H groups in total. The summed E-state index contributed by atoms with van der Waals surface area (Å²) in [6, 6.07) is 5.77. The van der Waals surface area contributed by atoms with Gasteiger partial charge >= 0.3 is 0 Å². The Hall–Kier alpha value is -3.68. The van der Waals surface area contributed by atoms with Crippen molar-refractivity contribution in [1.82, 2.24) is 10.3 Å². The predicted molar refractivity (Wildman–Crippen MR) is 116 cm³/mol. The van der Waals surface area contributed by atoms with Crippen LogP contribution in [-0.2, 0) is 0 Å². The van der Waals surface area contributed by atoms with Crippen LogP contribution in [0.3, 0.4) is 0 Å². The fourth-order valence-corrected chi connectivity index (χ4v) is 3.40. The minimum absolute atomic E-state index is 0.0217. The van der Waals surface area contributed by atoms with Crippen LogP contribution in [0.2, 0.25) is 0 Å². The number of rotatable bonds is 3. The number of aromatic nitrogens is 1. The highest BCUT2D eigenvalue weighted by atomic mass is 19.1. The van der Waals surface area contributed by atoms with Gasteiger partial charge < -0.3 is 26.3 Å². The zero-order valence-corrected chi connectivity index (χ0v) is 16.8. The lowest BCUT2D eigenvalue weighted by Gasteiger charge is -2.23. The average Bonchev–Trinajstić information content (AvgIpc) is 2.74. The molecule has 2 heterocycles. The van der Waals surface area contributed by atoms with Crippen molar-refractivity contribution in [3.63, 3.8) is 0 Å². The van der Waals surface area contributed by atoms with E-state index >= 15 is 0 Å². The van der Waals surface area contributed by atoms with Gasteiger partial charge in [-0.25, -0.2) is 9.37 Å². The van der Waals surface area contributed by atoms with E-state index in [1.54, 1.807) is 19.2 Å². The van der Waals surface area contributed by atoms with E-state index in [0.29, 0.717) is 40.3 Å². The quantitative estimate of drug-likeness (QED) is 0.385. The first-order valence-corrected chi connectivity index (χ1v) is 9.51. The van der Waals surface area contributed by atoms with E-state index in [4.69, 9.17) is 21.3 Å². The largest absolute Gasteiger partial charge is 0.515 e. The van der Waals surface area contributed by atoms with Crippen LogP contribution < -0.4 is 15.8 Å². The first kappa shape index (κ1) is 21.0. The summed E-state index contributed by atoms with van der Waals surface area (Å²) in [4.78, 5) is 4.22. The number of halogens is 1. The molecule has 1 aromatic carbocycles. The summed E-state index contributed by atoms with van der Waals surface area (Å²) in [6.07, 6.45) is 3.08. The second-order valence-electron chi connectivity index (χ2n) is 6.88. The Morgan fingerprint density at radius 2 is 2.17 bits per heavy atom. The van der Waals surface area contributed by atoms with Crippen molar-refractivity contribution >= 4 is 23.4 Å². The van der Waals surface area contributed by atoms with E-state index in [2.05, 4.69) is 10.3 Å². The van der Waals surface area contributed by atoms with Crippen LogP contribution in [0.4, 0.5) is 10.2 Å². The van der Waals surface area contributed by atoms with Crippen molar-refractivity contribution in [2.45, 2.75) is 26.4 Å². The molecule has 7 nitrogen and oxygen atoms in total. The number of ether oxygens (including phenoxy) is 1. The molecule has 1 atom stereocenters. The van der Waals surface area contributed by atoms with Gasteiger partial charge in [-0.15, -0.1) is 0 Å². The Morgan fingerprint density at radius 1 is 1.40 bits per heavy atom. The minimum Gasteiger partial charge on any atom is -0.515 e. The lowest BCUT2D eigenvalue weighted by atomic mass is 9.91. The Balaban J connectivity index is 2.30. The topological polar surface area (TPSA) is 128 Å². The standard InChI is InChI=1S/C22H24FN5O2/c1-3-27-21-13(9-24)6-15(11-29)20(25)17-5-4-16(23)8-18(17)12(2)30-19-7-14(21)10-28-22(19)26/h4-5,7-12,24-25,27,29H,3,6H2,1-2H3,(H2,26,28)/b15-11-,21-13-,24-9?,25-20?. The molecule has 30 heavy (non-hydrogen) atoms. The monoisotopic (exact) mass is 409 g/mol. The zero-order valence-electron chi connectivity index (χ0n) is 16.8. The van der Waals surface area contributed by atoms with Crippen LogP contribution in [0.1, 0.15) is 43.1 Å². The van der Waals surface area contributed by atoms with Crippen molar-refractivity contribution in [3.05, 3.63) is 70.4 Å². The highest BCUT2D eigenvalue weighted by Gasteiger charge is 2.23. The van der Waals surface area contributed by atoms with Crippen molar-refractivity contribution in [3.8, 4) is 5.75 Å². The molecule has 1 aliphatic rings. The Kier molecular flexibility index (Phi) is 6.15. The van der Waals surface area contributed by atoms with Gasteiger partial charge in [0.1, 0.15) is 11.9 Å². The van der Waals surface area contributed by atoms with Crippen LogP contribution in [0.15, 0.2) is 47.9 Å². The maximum absolute atomic E-state index is 14.0. The van der Waals surface area contributed by atoms with Crippen molar-refractivity contribution in [2.75, 3.05) is 12.3 Å². The minimum atomic E-state index is -0.636. The number of nitrogens with one attached hydrogen (secondary N) is 3. The summed E-state index contributed by atoms with van der Waals surface area (Å²) < 4.78 is 20.0. The number of pyridine rings is 1. The summed E-state index contributed by atoms with van der Waals surface area (Å²) in [6.45, 7) is 4.24. The molecular formula is C22H24FN5O2. The number of nitrogens with zero attached hydrogens (tertiary/aromatic N) is 1. The number of allylic oxidation sites excluding steroid dienone is 2. The number of aliphatic hydroxyl groups excluding tert-OH is 1. The third-order valence-electron chi connectivity index (χ3n) is 4.90. The van der Waals surface area contributed by atoms with Gasteiger partial charge in [-0.3, -0.25) is 5.41 Å². The number of nitrogen functional groups attached to an aromatic ring is 1. The van der Waals surface area contributed by atoms with E-state index < -0.39 is 11.9 Å². The molecule has 0 fully saturated rings. The molecule has 156 valence electrons. The number of nitrogens with two attached hydrogens (primary N) is 1. The van der Waals surface area contributed by atoms with Gasteiger partial charge in [0.25, 0.3) is 0 Å². The van der Waals surface area contributed by atoms with Crippen LogP contribution in [0.5, 0.6) is 5.75 Å². The number of aliphatic hydroxyl groups is 1. The smallest absolute Gasteiger partial charge is 0.166 e. The molecule has 0 spiro atoms. The molecule has 0 radical (unpaired) electrons. The molecule has 0 saturated carbocycles. The van der Waals surface area contributed by atoms with E-state index in [-0.39, 0.29) is 23.5 Å². The molecule has 1 aromatic heterocycles. The molecule has 0 saturated heterocycles. The molecule has 2 aromatic rings. The van der Waals surface area contributed by atoms with E-state index in [1.165, 1.54) is 24.4 Å². The summed E-state index contributed by atoms with van der Waals surface area (Å²) in [5.74, 6) is 0.0341. The lowest BCUT2D eigenvalue weighted by molar-refractivity contribution is 0.227. The lowest BCUT2D eigenvalue weighted by Crippen LogP contribution is -2.18. The fraction of sp³-hybridized carbons (Fsp3) is 0.227. The van der Waals surface area contributed by atoms with E-state index in [9.17, 15) is 9.50 Å². The van der Waals surface area contributed by atoms with Crippen molar-refractivity contribution in [2.24, 2.45) is 0 Å². The van der Waals surface area contributed by atoms with Gasteiger partial charge in [0.15, 0.2) is 11.6 Å². The van der Waals surface area contributed by atoms with Gasteiger partial charge in [0.05, 0.1) is 12.0 Å². The molecule has 8 heteroatoms. The third-order valence-corrected chi connectivity index (χ3v) is 4.90. The molecule has 1 unspecified atom stereocenters. The van der Waals surface area contributed by atoms with Crippen LogP contribution in [-0.4, -0.2) is 28.6 Å². The normalized spacial score (nSPS) is 20.6. The summed E-state index contributed by atoms with van der Waals surface area (Å²) in [5.41, 5.74) is 8.99. The maximum atomic E-state index is 14.0. The van der Waals surface area contributed by atoms with Crippen LogP contribution in [0, 0.1) is 16.6 Å². The number of hydrogen-bond acceptors (Lipinski definition) is 7. The second kappa shape index (κ2) is 8.77. The van der Waals surface area contributed by atoms with Crippen molar-refractivity contribution < 1.29 is 14.2 Å². The predicted octanol–water partition coefficient (Wildman–Crippen LogP) is 4.13. The van der Waals surface area contributed by atoms with E-state index in [1.807, 2.05) is 6.92 Å². The maximum Gasteiger partial charge on any atom is 0.166 e. The average molecular weight is 409 g/mol.